The Bertz CT molecular complexity index is 1040. The summed E-state index contributed by atoms with van der Waals surface area (Å²) in [6.07, 6.45) is 1.43. The van der Waals surface area contributed by atoms with Crippen LogP contribution in [0.4, 0.5) is 13.2 Å². The largest absolute Gasteiger partial charge is 0.358 e. The number of nitrogens with zero attached hydrogens (tertiary/aromatic N) is 2. The number of halogens is 3. The molecule has 0 saturated carbocycles. The fourth-order valence-corrected chi connectivity index (χ4v) is 2.86. The van der Waals surface area contributed by atoms with E-state index in [1.807, 2.05) is 0 Å². The summed E-state index contributed by atoms with van der Waals surface area (Å²) in [7, 11) is 1.50. The number of carbonyl (C=O) groups excluding carboxylic acids is 1. The number of hydrogen-bond donors (Lipinski definition) is 1. The number of nitrogens with one attached hydrogen (secondary N) is 1. The predicted molar refractivity (Wildman–Crippen MR) is 99.9 cm³/mol. The van der Waals surface area contributed by atoms with Gasteiger partial charge in [-0.3, -0.25) is 14.8 Å². The molecule has 0 spiro atoms. The van der Waals surface area contributed by atoms with Gasteiger partial charge in [0.15, 0.2) is 17.5 Å². The Kier molecular flexibility index (Phi) is 5.18. The number of amides is 1. The molecule has 1 amide bonds. The van der Waals surface area contributed by atoms with Crippen LogP contribution in [0.5, 0.6) is 0 Å². The molecule has 0 radical (unpaired) electrons. The highest BCUT2D eigenvalue weighted by molar-refractivity contribution is 5.86. The number of benzene rings is 1. The molecule has 7 heteroatoms. The van der Waals surface area contributed by atoms with Crippen LogP contribution >= 0.6 is 0 Å². The molecule has 0 aliphatic heterocycles. The zero-order valence-electron chi connectivity index (χ0n) is 15.6. The minimum Gasteiger partial charge on any atom is -0.358 e. The lowest BCUT2D eigenvalue weighted by atomic mass is 9.87. The van der Waals surface area contributed by atoms with Gasteiger partial charge >= 0.3 is 0 Å². The second-order valence-corrected chi connectivity index (χ2v) is 6.74. The maximum atomic E-state index is 14.5. The molecule has 3 rings (SSSR count). The van der Waals surface area contributed by atoms with E-state index in [0.717, 1.165) is 0 Å². The number of aromatic nitrogens is 2. The average Bonchev–Trinajstić information content (AvgIpc) is 2.72. The number of likely N-dealkylation sites (N-methyl/N-ethyl adjacent to an activating group) is 1. The quantitative estimate of drug-likeness (QED) is 0.683. The maximum absolute atomic E-state index is 14.5. The van der Waals surface area contributed by atoms with Crippen LogP contribution in [-0.4, -0.2) is 22.9 Å². The summed E-state index contributed by atoms with van der Waals surface area (Å²) in [4.78, 5) is 20.5. The van der Waals surface area contributed by atoms with Crippen LogP contribution in [-0.2, 0) is 10.2 Å². The van der Waals surface area contributed by atoms with Crippen LogP contribution in [0.25, 0.3) is 22.5 Å². The first-order chi connectivity index (χ1) is 13.3. The van der Waals surface area contributed by atoms with Gasteiger partial charge < -0.3 is 5.32 Å². The zero-order chi connectivity index (χ0) is 20.5. The van der Waals surface area contributed by atoms with Gasteiger partial charge in [-0.05, 0) is 44.2 Å². The molecule has 0 fully saturated rings. The summed E-state index contributed by atoms with van der Waals surface area (Å²) in [6.45, 7) is 3.33. The van der Waals surface area contributed by atoms with Crippen LogP contribution < -0.4 is 5.32 Å². The highest BCUT2D eigenvalue weighted by Gasteiger charge is 2.31. The van der Waals surface area contributed by atoms with E-state index < -0.39 is 22.9 Å². The van der Waals surface area contributed by atoms with Gasteiger partial charge in [0.05, 0.1) is 22.5 Å². The third-order valence-electron chi connectivity index (χ3n) is 4.55. The smallest absolute Gasteiger partial charge is 0.231 e. The first-order valence-electron chi connectivity index (χ1n) is 8.56. The third kappa shape index (κ3) is 3.35. The molecule has 0 atom stereocenters. The maximum Gasteiger partial charge on any atom is 0.231 e. The Balaban J connectivity index is 2.19. The lowest BCUT2D eigenvalue weighted by molar-refractivity contribution is -0.125. The fraction of sp³-hybridized carbons (Fsp3) is 0.190. The van der Waals surface area contributed by atoms with E-state index in [0.29, 0.717) is 5.69 Å². The van der Waals surface area contributed by atoms with Gasteiger partial charge in [-0.25, -0.2) is 13.2 Å². The number of carbonyl (C=O) groups is 1. The van der Waals surface area contributed by atoms with E-state index in [1.165, 1.54) is 31.4 Å². The first kappa shape index (κ1) is 19.5. The highest BCUT2D eigenvalue weighted by Crippen LogP contribution is 2.33. The Morgan fingerprint density at radius 2 is 1.57 bits per heavy atom. The number of pyridine rings is 2. The Morgan fingerprint density at radius 1 is 0.929 bits per heavy atom. The molecule has 0 saturated heterocycles. The average molecular weight is 385 g/mol. The van der Waals surface area contributed by atoms with Crippen molar-refractivity contribution in [2.24, 2.45) is 0 Å². The van der Waals surface area contributed by atoms with E-state index >= 15 is 0 Å². The van der Waals surface area contributed by atoms with Gasteiger partial charge in [-0.2, -0.15) is 0 Å². The second kappa shape index (κ2) is 7.42. The lowest BCUT2D eigenvalue weighted by Crippen LogP contribution is -2.38. The van der Waals surface area contributed by atoms with E-state index in [2.05, 4.69) is 15.3 Å². The van der Waals surface area contributed by atoms with Crippen LogP contribution in [0.3, 0.4) is 0 Å². The van der Waals surface area contributed by atoms with E-state index in [4.69, 9.17) is 0 Å². The molecule has 0 bridgehead atoms. The van der Waals surface area contributed by atoms with Gasteiger partial charge in [0.2, 0.25) is 5.91 Å². The topological polar surface area (TPSA) is 54.9 Å². The van der Waals surface area contributed by atoms with Crippen molar-refractivity contribution in [2.45, 2.75) is 19.3 Å². The normalized spacial score (nSPS) is 11.4. The lowest BCUT2D eigenvalue weighted by Gasteiger charge is -2.22. The highest BCUT2D eigenvalue weighted by atomic mass is 19.2. The first-order valence-corrected chi connectivity index (χ1v) is 8.56. The molecule has 144 valence electrons. The zero-order valence-corrected chi connectivity index (χ0v) is 15.6. The van der Waals surface area contributed by atoms with Gasteiger partial charge in [0.25, 0.3) is 0 Å². The molecular formula is C21H18F3N3O. The molecule has 0 aliphatic carbocycles. The molecule has 3 aromatic rings. The molecule has 1 N–H and O–H groups in total. The van der Waals surface area contributed by atoms with Crippen molar-refractivity contribution in [1.29, 1.82) is 0 Å². The summed E-state index contributed by atoms with van der Waals surface area (Å²) in [5.41, 5.74) is -0.761. The van der Waals surface area contributed by atoms with E-state index in [-0.39, 0.29) is 28.4 Å². The minimum absolute atomic E-state index is 0.0862. The summed E-state index contributed by atoms with van der Waals surface area (Å²) < 4.78 is 43.1. The summed E-state index contributed by atoms with van der Waals surface area (Å²) in [5, 5.41) is 2.55. The van der Waals surface area contributed by atoms with E-state index in [9.17, 15) is 18.0 Å². The van der Waals surface area contributed by atoms with Gasteiger partial charge in [-0.15, -0.1) is 0 Å². The van der Waals surface area contributed by atoms with Crippen LogP contribution in [0.2, 0.25) is 0 Å². The molecule has 4 nitrogen and oxygen atoms in total. The predicted octanol–water partition coefficient (Wildman–Crippen LogP) is 4.25. The Hall–Kier alpha value is -3.22. The van der Waals surface area contributed by atoms with Crippen molar-refractivity contribution >= 4 is 5.91 Å². The van der Waals surface area contributed by atoms with Crippen LogP contribution in [0.15, 0.2) is 48.7 Å². The SMILES string of the molecule is CNC(=O)C(C)(C)c1cccc(-c2cc(-c3ccccn3)c(F)c(F)c2F)n1. The fourth-order valence-electron chi connectivity index (χ4n) is 2.86. The number of hydrogen-bond acceptors (Lipinski definition) is 3. The van der Waals surface area contributed by atoms with Gasteiger partial charge in [0, 0.05) is 24.4 Å². The van der Waals surface area contributed by atoms with Crippen molar-refractivity contribution in [1.82, 2.24) is 15.3 Å². The molecule has 2 aromatic heterocycles. The van der Waals surface area contributed by atoms with Crippen LogP contribution in [0.1, 0.15) is 19.5 Å². The summed E-state index contributed by atoms with van der Waals surface area (Å²) >= 11 is 0. The van der Waals surface area contributed by atoms with Crippen molar-refractivity contribution in [3.8, 4) is 22.5 Å². The second-order valence-electron chi connectivity index (χ2n) is 6.74. The summed E-state index contributed by atoms with van der Waals surface area (Å²) in [6, 6.07) is 10.6. The summed E-state index contributed by atoms with van der Waals surface area (Å²) in [5.74, 6) is -4.55. The van der Waals surface area contributed by atoms with Crippen LogP contribution in [0, 0.1) is 17.5 Å². The standard InChI is InChI=1S/C21H18F3N3O/c1-21(2,20(28)25-3)16-9-6-8-15(27-16)13-11-12(14-7-4-5-10-26-14)17(22)19(24)18(13)23/h4-11H,1-3H3,(H,25,28). The van der Waals surface area contributed by atoms with Crippen molar-refractivity contribution in [3.63, 3.8) is 0 Å². The molecule has 1 aromatic carbocycles. The van der Waals surface area contributed by atoms with Crippen molar-refractivity contribution in [3.05, 3.63) is 71.8 Å². The molecular weight excluding hydrogens is 367 g/mol. The monoisotopic (exact) mass is 385 g/mol. The van der Waals surface area contributed by atoms with Gasteiger partial charge in [-0.1, -0.05) is 12.1 Å². The number of rotatable bonds is 4. The molecule has 0 aliphatic rings. The molecule has 28 heavy (non-hydrogen) atoms. The van der Waals surface area contributed by atoms with Crippen molar-refractivity contribution in [2.75, 3.05) is 7.05 Å². The minimum atomic E-state index is -1.60. The molecule has 2 heterocycles. The third-order valence-corrected chi connectivity index (χ3v) is 4.55. The van der Waals surface area contributed by atoms with Crippen molar-refractivity contribution < 1.29 is 18.0 Å². The van der Waals surface area contributed by atoms with E-state index in [1.54, 1.807) is 38.1 Å². The Labute approximate surface area is 160 Å². The molecule has 0 unspecified atom stereocenters. The Morgan fingerprint density at radius 3 is 2.18 bits per heavy atom. The van der Waals surface area contributed by atoms with Gasteiger partial charge in [0.1, 0.15) is 0 Å².